The molecule has 0 unspecified atom stereocenters. The van der Waals surface area contributed by atoms with Gasteiger partial charge in [0.15, 0.2) is 0 Å². The normalized spacial score (nSPS) is 10.5. The Morgan fingerprint density at radius 2 is 2.07 bits per heavy atom. The van der Waals surface area contributed by atoms with Crippen LogP contribution in [-0.4, -0.2) is 9.97 Å². The standard InChI is InChI=1S/C10H9BrN2S/c1-6-8(3-4-14-6)9-5-10(11)13-7(2)12-9/h3-5H,1-2H3. The Kier molecular flexibility index (Phi) is 2.65. The molecule has 2 heterocycles. The Bertz CT molecular complexity index is 445. The van der Waals surface area contributed by atoms with Gasteiger partial charge in [0.2, 0.25) is 0 Å². The van der Waals surface area contributed by atoms with E-state index in [0.717, 1.165) is 16.1 Å². The molecular formula is C10H9BrN2S. The van der Waals surface area contributed by atoms with Crippen molar-refractivity contribution in [3.63, 3.8) is 0 Å². The van der Waals surface area contributed by atoms with Crippen molar-refractivity contribution >= 4 is 27.3 Å². The minimum Gasteiger partial charge on any atom is -0.233 e. The van der Waals surface area contributed by atoms with Gasteiger partial charge in [0.25, 0.3) is 0 Å². The predicted octanol–water partition coefficient (Wildman–Crippen LogP) is 3.58. The minimum absolute atomic E-state index is 0.792. The third-order valence-corrected chi connectivity index (χ3v) is 3.19. The van der Waals surface area contributed by atoms with Crippen LogP contribution in [0.2, 0.25) is 0 Å². The highest BCUT2D eigenvalue weighted by Gasteiger charge is 2.06. The van der Waals surface area contributed by atoms with E-state index in [4.69, 9.17) is 0 Å². The van der Waals surface area contributed by atoms with Gasteiger partial charge in [-0.1, -0.05) is 0 Å². The quantitative estimate of drug-likeness (QED) is 0.739. The first-order valence-corrected chi connectivity index (χ1v) is 5.90. The summed E-state index contributed by atoms with van der Waals surface area (Å²) < 4.78 is 0.839. The summed E-state index contributed by atoms with van der Waals surface area (Å²) in [4.78, 5) is 9.87. The highest BCUT2D eigenvalue weighted by molar-refractivity contribution is 9.10. The predicted molar refractivity (Wildman–Crippen MR) is 62.5 cm³/mol. The number of aryl methyl sites for hydroxylation is 2. The Labute approximate surface area is 95.2 Å². The lowest BCUT2D eigenvalue weighted by molar-refractivity contribution is 1.04. The molecule has 0 N–H and O–H groups in total. The van der Waals surface area contributed by atoms with Crippen LogP contribution < -0.4 is 0 Å². The molecular weight excluding hydrogens is 260 g/mol. The number of hydrogen-bond donors (Lipinski definition) is 0. The molecule has 0 spiro atoms. The SMILES string of the molecule is Cc1nc(Br)cc(-c2ccsc2C)n1. The molecule has 0 bridgehead atoms. The summed E-state index contributed by atoms with van der Waals surface area (Å²) in [6, 6.07) is 4.04. The second-order valence-electron chi connectivity index (χ2n) is 3.01. The summed E-state index contributed by atoms with van der Waals surface area (Å²) in [6.07, 6.45) is 0. The lowest BCUT2D eigenvalue weighted by Crippen LogP contribution is -1.91. The zero-order chi connectivity index (χ0) is 10.1. The maximum Gasteiger partial charge on any atom is 0.127 e. The topological polar surface area (TPSA) is 25.8 Å². The maximum absolute atomic E-state index is 4.40. The van der Waals surface area contributed by atoms with E-state index in [1.54, 1.807) is 11.3 Å². The molecule has 2 aromatic rings. The van der Waals surface area contributed by atoms with E-state index in [2.05, 4.69) is 44.3 Å². The highest BCUT2D eigenvalue weighted by atomic mass is 79.9. The molecule has 0 radical (unpaired) electrons. The molecule has 0 atom stereocenters. The van der Waals surface area contributed by atoms with E-state index >= 15 is 0 Å². The van der Waals surface area contributed by atoms with Crippen LogP contribution in [0.25, 0.3) is 11.3 Å². The highest BCUT2D eigenvalue weighted by Crippen LogP contribution is 2.27. The van der Waals surface area contributed by atoms with Gasteiger partial charge in [0.05, 0.1) is 5.69 Å². The summed E-state index contributed by atoms with van der Waals surface area (Å²) in [5, 5.41) is 2.08. The van der Waals surface area contributed by atoms with E-state index in [-0.39, 0.29) is 0 Å². The number of nitrogens with zero attached hydrogens (tertiary/aromatic N) is 2. The summed E-state index contributed by atoms with van der Waals surface area (Å²) in [5.74, 6) is 0.792. The van der Waals surface area contributed by atoms with Crippen molar-refractivity contribution in [1.29, 1.82) is 0 Å². The first kappa shape index (κ1) is 9.80. The molecule has 0 aliphatic carbocycles. The summed E-state index contributed by atoms with van der Waals surface area (Å²) >= 11 is 5.11. The van der Waals surface area contributed by atoms with E-state index in [1.807, 2.05) is 13.0 Å². The van der Waals surface area contributed by atoms with Gasteiger partial charge in [-0.3, -0.25) is 0 Å². The van der Waals surface area contributed by atoms with Crippen molar-refractivity contribution < 1.29 is 0 Å². The number of aromatic nitrogens is 2. The number of thiophene rings is 1. The van der Waals surface area contributed by atoms with Crippen LogP contribution in [-0.2, 0) is 0 Å². The van der Waals surface area contributed by atoms with Crippen LogP contribution in [0.4, 0.5) is 0 Å². The molecule has 2 rings (SSSR count). The van der Waals surface area contributed by atoms with Crippen LogP contribution in [0.3, 0.4) is 0 Å². The van der Waals surface area contributed by atoms with Gasteiger partial charge in [-0.05, 0) is 47.3 Å². The number of hydrogen-bond acceptors (Lipinski definition) is 3. The van der Waals surface area contributed by atoms with E-state index in [9.17, 15) is 0 Å². The summed E-state index contributed by atoms with van der Waals surface area (Å²) in [6.45, 7) is 4.00. The maximum atomic E-state index is 4.40. The van der Waals surface area contributed by atoms with Gasteiger partial charge in [0, 0.05) is 10.4 Å². The second-order valence-corrected chi connectivity index (χ2v) is 4.95. The van der Waals surface area contributed by atoms with Crippen LogP contribution in [0.5, 0.6) is 0 Å². The van der Waals surface area contributed by atoms with Gasteiger partial charge in [-0.2, -0.15) is 0 Å². The van der Waals surface area contributed by atoms with E-state index < -0.39 is 0 Å². The second kappa shape index (κ2) is 3.79. The van der Waals surface area contributed by atoms with Gasteiger partial charge in [0.1, 0.15) is 10.4 Å². The van der Waals surface area contributed by atoms with E-state index in [1.165, 1.54) is 10.4 Å². The molecule has 0 aliphatic rings. The molecule has 0 saturated carbocycles. The molecule has 0 aliphatic heterocycles. The van der Waals surface area contributed by atoms with Gasteiger partial charge < -0.3 is 0 Å². The number of rotatable bonds is 1. The van der Waals surface area contributed by atoms with Crippen molar-refractivity contribution in [2.45, 2.75) is 13.8 Å². The van der Waals surface area contributed by atoms with Crippen molar-refractivity contribution in [1.82, 2.24) is 9.97 Å². The van der Waals surface area contributed by atoms with Crippen LogP contribution in [0.15, 0.2) is 22.1 Å². The molecule has 2 nitrogen and oxygen atoms in total. The Balaban J connectivity index is 2.57. The first-order chi connectivity index (χ1) is 6.66. The monoisotopic (exact) mass is 268 g/mol. The Morgan fingerprint density at radius 1 is 1.29 bits per heavy atom. The zero-order valence-electron chi connectivity index (χ0n) is 7.91. The average molecular weight is 269 g/mol. The fourth-order valence-electron chi connectivity index (χ4n) is 1.32. The fraction of sp³-hybridized carbons (Fsp3) is 0.200. The lowest BCUT2D eigenvalue weighted by Gasteiger charge is -2.01. The van der Waals surface area contributed by atoms with Gasteiger partial charge in [-0.15, -0.1) is 11.3 Å². The van der Waals surface area contributed by atoms with Crippen LogP contribution in [0, 0.1) is 13.8 Å². The minimum atomic E-state index is 0.792. The average Bonchev–Trinajstić information content (AvgIpc) is 2.49. The van der Waals surface area contributed by atoms with E-state index in [0.29, 0.717) is 0 Å². The van der Waals surface area contributed by atoms with Crippen molar-refractivity contribution in [2.24, 2.45) is 0 Å². The molecule has 0 aromatic carbocycles. The summed E-state index contributed by atoms with van der Waals surface area (Å²) in [7, 11) is 0. The Morgan fingerprint density at radius 3 is 2.64 bits per heavy atom. The smallest absolute Gasteiger partial charge is 0.127 e. The Hall–Kier alpha value is -0.740. The van der Waals surface area contributed by atoms with Gasteiger partial charge >= 0.3 is 0 Å². The summed E-state index contributed by atoms with van der Waals surface area (Å²) in [5.41, 5.74) is 2.18. The first-order valence-electron chi connectivity index (χ1n) is 4.22. The molecule has 72 valence electrons. The van der Waals surface area contributed by atoms with Crippen molar-refractivity contribution in [3.05, 3.63) is 32.8 Å². The fourth-order valence-corrected chi connectivity index (χ4v) is 2.50. The van der Waals surface area contributed by atoms with Crippen LogP contribution >= 0.6 is 27.3 Å². The largest absolute Gasteiger partial charge is 0.233 e. The zero-order valence-corrected chi connectivity index (χ0v) is 10.3. The molecule has 0 amide bonds. The molecule has 0 saturated heterocycles. The lowest BCUT2D eigenvalue weighted by atomic mass is 10.2. The molecule has 0 fully saturated rings. The van der Waals surface area contributed by atoms with Crippen molar-refractivity contribution in [2.75, 3.05) is 0 Å². The molecule has 2 aromatic heterocycles. The van der Waals surface area contributed by atoms with Crippen LogP contribution in [0.1, 0.15) is 10.7 Å². The molecule has 4 heteroatoms. The number of halogens is 1. The third kappa shape index (κ3) is 1.86. The van der Waals surface area contributed by atoms with Crippen molar-refractivity contribution in [3.8, 4) is 11.3 Å². The molecule has 14 heavy (non-hydrogen) atoms. The third-order valence-electron chi connectivity index (χ3n) is 1.94. The van der Waals surface area contributed by atoms with Gasteiger partial charge in [-0.25, -0.2) is 9.97 Å².